The molecule has 0 bridgehead atoms. The van der Waals surface area contributed by atoms with Crippen LogP contribution < -0.4 is 5.32 Å². The summed E-state index contributed by atoms with van der Waals surface area (Å²) in [7, 11) is 0. The molecule has 1 N–H and O–H groups in total. The number of rotatable bonds is 5. The number of nitrogens with one attached hydrogen (secondary N) is 1. The molecular formula is C19H38N2. The Morgan fingerprint density at radius 3 is 2.19 bits per heavy atom. The van der Waals surface area contributed by atoms with Crippen LogP contribution in [0.4, 0.5) is 0 Å². The van der Waals surface area contributed by atoms with E-state index in [2.05, 4.69) is 44.8 Å². The third-order valence-electron chi connectivity index (χ3n) is 5.65. The van der Waals surface area contributed by atoms with E-state index < -0.39 is 0 Å². The smallest absolute Gasteiger partial charge is 0.0195 e. The highest BCUT2D eigenvalue weighted by Crippen LogP contribution is 2.39. The van der Waals surface area contributed by atoms with Crippen LogP contribution in [0.25, 0.3) is 0 Å². The molecule has 2 aliphatic rings. The molecule has 2 nitrogen and oxygen atoms in total. The second kappa shape index (κ2) is 7.46. The Bertz CT molecular complexity index is 291. The molecule has 1 unspecified atom stereocenters. The maximum absolute atomic E-state index is 3.69. The second-order valence-corrected chi connectivity index (χ2v) is 9.01. The lowest BCUT2D eigenvalue weighted by Crippen LogP contribution is -2.47. The molecule has 0 aromatic rings. The van der Waals surface area contributed by atoms with Gasteiger partial charge in [0, 0.05) is 25.2 Å². The molecule has 0 aromatic carbocycles. The molecule has 124 valence electrons. The SMILES string of the molecule is CC(C)CN(CC1CCCN1)C1CCC(C(C)(C)C)CC1. The standard InChI is InChI=1S/C19H38N2/c1-15(2)13-21(14-17-7-6-12-20-17)18-10-8-16(9-11-18)19(3,4)5/h15-18,20H,6-14H2,1-5H3. The highest BCUT2D eigenvalue weighted by atomic mass is 15.2. The first-order chi connectivity index (χ1) is 9.86. The Labute approximate surface area is 133 Å². The van der Waals surface area contributed by atoms with E-state index in [1.165, 1.54) is 58.2 Å². The number of nitrogens with zero attached hydrogens (tertiary/aromatic N) is 1. The van der Waals surface area contributed by atoms with Gasteiger partial charge in [-0.1, -0.05) is 34.6 Å². The molecule has 1 aliphatic carbocycles. The van der Waals surface area contributed by atoms with Gasteiger partial charge in [-0.2, -0.15) is 0 Å². The van der Waals surface area contributed by atoms with E-state index in [9.17, 15) is 0 Å². The van der Waals surface area contributed by atoms with E-state index in [4.69, 9.17) is 0 Å². The van der Waals surface area contributed by atoms with Crippen LogP contribution in [0.3, 0.4) is 0 Å². The lowest BCUT2D eigenvalue weighted by molar-refractivity contribution is 0.0821. The summed E-state index contributed by atoms with van der Waals surface area (Å²) in [6.07, 6.45) is 8.45. The van der Waals surface area contributed by atoms with Crippen molar-refractivity contribution < 1.29 is 0 Å². The van der Waals surface area contributed by atoms with Crippen LogP contribution in [0.1, 0.15) is 73.1 Å². The van der Waals surface area contributed by atoms with Crippen LogP contribution in [0.15, 0.2) is 0 Å². The van der Waals surface area contributed by atoms with Crippen LogP contribution in [0.2, 0.25) is 0 Å². The Morgan fingerprint density at radius 1 is 1.05 bits per heavy atom. The molecule has 2 rings (SSSR count). The van der Waals surface area contributed by atoms with Crippen molar-refractivity contribution in [3.63, 3.8) is 0 Å². The molecule has 0 aromatic heterocycles. The van der Waals surface area contributed by atoms with E-state index in [0.717, 1.165) is 23.9 Å². The van der Waals surface area contributed by atoms with Crippen LogP contribution in [0.5, 0.6) is 0 Å². The Balaban J connectivity index is 1.88. The molecule has 21 heavy (non-hydrogen) atoms. The fourth-order valence-corrected chi connectivity index (χ4v) is 4.34. The van der Waals surface area contributed by atoms with E-state index in [1.54, 1.807) is 0 Å². The minimum absolute atomic E-state index is 0.501. The van der Waals surface area contributed by atoms with Crippen LogP contribution >= 0.6 is 0 Å². The maximum Gasteiger partial charge on any atom is 0.0195 e. The summed E-state index contributed by atoms with van der Waals surface area (Å²) < 4.78 is 0. The van der Waals surface area contributed by atoms with E-state index in [1.807, 2.05) is 0 Å². The van der Waals surface area contributed by atoms with Crippen molar-refractivity contribution in [2.24, 2.45) is 17.3 Å². The highest BCUT2D eigenvalue weighted by molar-refractivity contribution is 4.87. The normalized spacial score (nSPS) is 31.3. The van der Waals surface area contributed by atoms with Gasteiger partial charge in [0.25, 0.3) is 0 Å². The quantitative estimate of drug-likeness (QED) is 0.813. The molecule has 0 spiro atoms. The van der Waals surface area contributed by atoms with Gasteiger partial charge in [0.1, 0.15) is 0 Å². The van der Waals surface area contributed by atoms with Gasteiger partial charge in [0.2, 0.25) is 0 Å². The van der Waals surface area contributed by atoms with Crippen molar-refractivity contribution in [1.29, 1.82) is 0 Å². The zero-order valence-electron chi connectivity index (χ0n) is 15.1. The molecule has 2 fully saturated rings. The average molecular weight is 295 g/mol. The lowest BCUT2D eigenvalue weighted by Gasteiger charge is -2.42. The molecule has 0 amide bonds. The van der Waals surface area contributed by atoms with Crippen molar-refractivity contribution in [3.8, 4) is 0 Å². The predicted octanol–water partition coefficient (Wildman–Crippen LogP) is 4.30. The topological polar surface area (TPSA) is 15.3 Å². The van der Waals surface area contributed by atoms with Crippen molar-refractivity contribution >= 4 is 0 Å². The molecule has 1 saturated heterocycles. The number of hydrogen-bond acceptors (Lipinski definition) is 2. The molecule has 0 radical (unpaired) electrons. The van der Waals surface area contributed by atoms with Crippen LogP contribution in [0, 0.1) is 17.3 Å². The third-order valence-corrected chi connectivity index (χ3v) is 5.65. The summed E-state index contributed by atoms with van der Waals surface area (Å²) >= 11 is 0. The molecular weight excluding hydrogens is 256 g/mol. The van der Waals surface area contributed by atoms with Crippen molar-refractivity contribution in [3.05, 3.63) is 0 Å². The fraction of sp³-hybridized carbons (Fsp3) is 1.00. The molecule has 1 atom stereocenters. The predicted molar refractivity (Wildman–Crippen MR) is 92.6 cm³/mol. The minimum Gasteiger partial charge on any atom is -0.313 e. The van der Waals surface area contributed by atoms with Gasteiger partial charge in [-0.25, -0.2) is 0 Å². The van der Waals surface area contributed by atoms with E-state index in [0.29, 0.717) is 5.41 Å². The largest absolute Gasteiger partial charge is 0.313 e. The Hall–Kier alpha value is -0.0800. The first-order valence-corrected chi connectivity index (χ1v) is 9.33. The first kappa shape index (κ1) is 17.3. The lowest BCUT2D eigenvalue weighted by atomic mass is 9.71. The maximum atomic E-state index is 3.69. The summed E-state index contributed by atoms with van der Waals surface area (Å²) in [6, 6.07) is 1.59. The molecule has 2 heteroatoms. The van der Waals surface area contributed by atoms with Gasteiger partial charge in [-0.15, -0.1) is 0 Å². The van der Waals surface area contributed by atoms with Crippen LogP contribution in [-0.2, 0) is 0 Å². The van der Waals surface area contributed by atoms with Crippen molar-refractivity contribution in [1.82, 2.24) is 10.2 Å². The van der Waals surface area contributed by atoms with Gasteiger partial charge in [-0.3, -0.25) is 4.90 Å². The number of hydrogen-bond donors (Lipinski definition) is 1. The second-order valence-electron chi connectivity index (χ2n) is 9.01. The monoisotopic (exact) mass is 294 g/mol. The average Bonchev–Trinajstić information content (AvgIpc) is 2.89. The zero-order chi connectivity index (χ0) is 15.5. The van der Waals surface area contributed by atoms with Gasteiger partial charge in [0.15, 0.2) is 0 Å². The van der Waals surface area contributed by atoms with Crippen molar-refractivity contribution in [2.45, 2.75) is 85.2 Å². The fourth-order valence-electron chi connectivity index (χ4n) is 4.34. The minimum atomic E-state index is 0.501. The molecule has 1 saturated carbocycles. The molecule has 1 aliphatic heterocycles. The van der Waals surface area contributed by atoms with Gasteiger partial charge in [-0.05, 0) is 62.3 Å². The Morgan fingerprint density at radius 2 is 1.71 bits per heavy atom. The summed E-state index contributed by atoms with van der Waals surface area (Å²) in [5.74, 6) is 1.71. The van der Waals surface area contributed by atoms with E-state index in [-0.39, 0.29) is 0 Å². The van der Waals surface area contributed by atoms with Gasteiger partial charge < -0.3 is 5.32 Å². The molecule has 1 heterocycles. The van der Waals surface area contributed by atoms with Gasteiger partial charge in [0.05, 0.1) is 0 Å². The van der Waals surface area contributed by atoms with Crippen LogP contribution in [-0.4, -0.2) is 36.6 Å². The summed E-state index contributed by atoms with van der Waals surface area (Å²) in [5, 5.41) is 3.69. The van der Waals surface area contributed by atoms with Gasteiger partial charge >= 0.3 is 0 Å². The summed E-state index contributed by atoms with van der Waals surface area (Å²) in [5.41, 5.74) is 0.501. The first-order valence-electron chi connectivity index (χ1n) is 9.33. The zero-order valence-corrected chi connectivity index (χ0v) is 15.1. The summed E-state index contributed by atoms with van der Waals surface area (Å²) in [6.45, 7) is 15.8. The Kier molecular flexibility index (Phi) is 6.14. The summed E-state index contributed by atoms with van der Waals surface area (Å²) in [4.78, 5) is 2.83. The van der Waals surface area contributed by atoms with E-state index >= 15 is 0 Å². The highest BCUT2D eigenvalue weighted by Gasteiger charge is 2.33. The van der Waals surface area contributed by atoms with Crippen molar-refractivity contribution in [2.75, 3.05) is 19.6 Å². The third kappa shape index (κ3) is 5.25.